The second-order valence-electron chi connectivity index (χ2n) is 3.90. The van der Waals surface area contributed by atoms with E-state index in [0.29, 0.717) is 17.1 Å². The van der Waals surface area contributed by atoms with Crippen LogP contribution in [0.2, 0.25) is 0 Å². The molecule has 2 amide bonds. The van der Waals surface area contributed by atoms with Crippen molar-refractivity contribution in [3.8, 4) is 11.5 Å². The quantitative estimate of drug-likeness (QED) is 0.485. The lowest BCUT2D eigenvalue weighted by Crippen LogP contribution is -2.51. The zero-order chi connectivity index (χ0) is 14.7. The van der Waals surface area contributed by atoms with E-state index in [4.69, 9.17) is 21.7 Å². The number of benzene rings is 1. The Hall–Kier alpha value is -2.41. The van der Waals surface area contributed by atoms with Gasteiger partial charge in [-0.3, -0.25) is 20.2 Å². The van der Waals surface area contributed by atoms with Gasteiger partial charge in [0.1, 0.15) is 17.1 Å². The molecule has 1 aromatic rings. The van der Waals surface area contributed by atoms with Crippen LogP contribution in [0.5, 0.6) is 11.5 Å². The molecule has 1 heterocycles. The Bertz CT molecular complexity index is 603. The van der Waals surface area contributed by atoms with Gasteiger partial charge < -0.3 is 9.47 Å². The van der Waals surface area contributed by atoms with Crippen LogP contribution in [-0.2, 0) is 9.59 Å². The van der Waals surface area contributed by atoms with E-state index in [0.717, 1.165) is 0 Å². The molecule has 0 atom stereocenters. The molecule has 0 radical (unpaired) electrons. The minimum Gasteiger partial charge on any atom is -0.497 e. The van der Waals surface area contributed by atoms with Crippen molar-refractivity contribution < 1.29 is 19.1 Å². The van der Waals surface area contributed by atoms with E-state index in [1.165, 1.54) is 20.3 Å². The zero-order valence-electron chi connectivity index (χ0n) is 10.9. The highest BCUT2D eigenvalue weighted by Crippen LogP contribution is 2.26. The third-order valence-electron chi connectivity index (χ3n) is 2.68. The van der Waals surface area contributed by atoms with E-state index >= 15 is 0 Å². The molecule has 1 aliphatic rings. The van der Waals surface area contributed by atoms with E-state index in [9.17, 15) is 9.59 Å². The van der Waals surface area contributed by atoms with E-state index in [2.05, 4.69) is 10.6 Å². The molecule has 20 heavy (non-hydrogen) atoms. The van der Waals surface area contributed by atoms with Crippen molar-refractivity contribution in [2.24, 2.45) is 0 Å². The van der Waals surface area contributed by atoms with Crippen LogP contribution >= 0.6 is 12.2 Å². The molecular formula is C13H12N2O4S. The van der Waals surface area contributed by atoms with E-state index in [-0.39, 0.29) is 10.7 Å². The van der Waals surface area contributed by atoms with E-state index in [1.807, 2.05) is 0 Å². The summed E-state index contributed by atoms with van der Waals surface area (Å²) in [6, 6.07) is 5.06. The van der Waals surface area contributed by atoms with Gasteiger partial charge in [-0.25, -0.2) is 0 Å². The van der Waals surface area contributed by atoms with Crippen molar-refractivity contribution in [3.05, 3.63) is 29.3 Å². The molecule has 1 fully saturated rings. The predicted octanol–water partition coefficient (Wildman–Crippen LogP) is 0.618. The van der Waals surface area contributed by atoms with Crippen LogP contribution in [0, 0.1) is 0 Å². The molecule has 0 aromatic heterocycles. The Morgan fingerprint density at radius 3 is 2.30 bits per heavy atom. The summed E-state index contributed by atoms with van der Waals surface area (Å²) in [5.74, 6) is 0.0153. The van der Waals surface area contributed by atoms with Crippen LogP contribution in [0.1, 0.15) is 5.56 Å². The number of nitrogens with one attached hydrogen (secondary N) is 2. The molecule has 2 N–H and O–H groups in total. The van der Waals surface area contributed by atoms with Crippen LogP contribution in [0.15, 0.2) is 23.8 Å². The average molecular weight is 292 g/mol. The third kappa shape index (κ3) is 2.77. The van der Waals surface area contributed by atoms with Gasteiger partial charge in [0, 0.05) is 11.6 Å². The summed E-state index contributed by atoms with van der Waals surface area (Å²) in [5, 5.41) is 4.73. The Kier molecular flexibility index (Phi) is 3.99. The van der Waals surface area contributed by atoms with Crippen molar-refractivity contribution in [2.75, 3.05) is 14.2 Å². The molecule has 0 aliphatic carbocycles. The number of thiocarbonyl (C=S) groups is 1. The highest BCUT2D eigenvalue weighted by molar-refractivity contribution is 7.80. The number of carbonyl (C=O) groups excluding carboxylic acids is 2. The van der Waals surface area contributed by atoms with Gasteiger partial charge in [0.2, 0.25) is 0 Å². The zero-order valence-corrected chi connectivity index (χ0v) is 11.7. The minimum absolute atomic E-state index is 0.00107. The first-order valence-electron chi connectivity index (χ1n) is 5.65. The van der Waals surface area contributed by atoms with Crippen LogP contribution in [0.3, 0.4) is 0 Å². The predicted molar refractivity (Wildman–Crippen MR) is 76.4 cm³/mol. The van der Waals surface area contributed by atoms with Crippen molar-refractivity contribution >= 4 is 35.2 Å². The van der Waals surface area contributed by atoms with Crippen LogP contribution < -0.4 is 20.1 Å². The van der Waals surface area contributed by atoms with E-state index < -0.39 is 11.8 Å². The smallest absolute Gasteiger partial charge is 0.263 e. The molecule has 0 saturated carbocycles. The molecule has 0 bridgehead atoms. The monoisotopic (exact) mass is 292 g/mol. The lowest BCUT2D eigenvalue weighted by atomic mass is 10.1. The minimum atomic E-state index is -0.545. The highest BCUT2D eigenvalue weighted by Gasteiger charge is 2.26. The average Bonchev–Trinajstić information content (AvgIpc) is 2.42. The third-order valence-corrected chi connectivity index (χ3v) is 2.89. The van der Waals surface area contributed by atoms with Gasteiger partial charge in [0.15, 0.2) is 5.11 Å². The molecule has 2 rings (SSSR count). The maximum Gasteiger partial charge on any atom is 0.263 e. The van der Waals surface area contributed by atoms with Gasteiger partial charge in [-0.05, 0) is 30.4 Å². The molecule has 1 aromatic carbocycles. The summed E-state index contributed by atoms with van der Waals surface area (Å²) < 4.78 is 10.3. The Labute approximate surface area is 120 Å². The Morgan fingerprint density at radius 1 is 1.10 bits per heavy atom. The molecule has 104 valence electrons. The van der Waals surface area contributed by atoms with Crippen LogP contribution in [-0.4, -0.2) is 31.1 Å². The number of methoxy groups -OCH3 is 2. The summed E-state index contributed by atoms with van der Waals surface area (Å²) in [4.78, 5) is 23.5. The van der Waals surface area contributed by atoms with Crippen molar-refractivity contribution in [2.45, 2.75) is 0 Å². The molecular weight excluding hydrogens is 280 g/mol. The van der Waals surface area contributed by atoms with Crippen molar-refractivity contribution in [1.29, 1.82) is 0 Å². The summed E-state index contributed by atoms with van der Waals surface area (Å²) in [5.41, 5.74) is 0.545. The highest BCUT2D eigenvalue weighted by atomic mass is 32.1. The van der Waals surface area contributed by atoms with Crippen LogP contribution in [0.25, 0.3) is 6.08 Å². The normalized spacial score (nSPS) is 14.5. The first-order valence-corrected chi connectivity index (χ1v) is 6.06. The topological polar surface area (TPSA) is 76.7 Å². The fourth-order valence-corrected chi connectivity index (χ4v) is 1.88. The number of carbonyl (C=O) groups is 2. The molecule has 0 unspecified atom stereocenters. The maximum atomic E-state index is 11.7. The van der Waals surface area contributed by atoms with Crippen molar-refractivity contribution in [3.63, 3.8) is 0 Å². The molecule has 7 heteroatoms. The number of rotatable bonds is 3. The fourth-order valence-electron chi connectivity index (χ4n) is 1.70. The van der Waals surface area contributed by atoms with Crippen molar-refractivity contribution in [1.82, 2.24) is 10.6 Å². The maximum absolute atomic E-state index is 11.7. The van der Waals surface area contributed by atoms with Gasteiger partial charge in [0.05, 0.1) is 14.2 Å². The summed E-state index contributed by atoms with van der Waals surface area (Å²) in [7, 11) is 3.03. The molecule has 1 saturated heterocycles. The number of hydrogen-bond donors (Lipinski definition) is 2. The van der Waals surface area contributed by atoms with Gasteiger partial charge in [0.25, 0.3) is 11.8 Å². The number of ether oxygens (including phenoxy) is 2. The van der Waals surface area contributed by atoms with Gasteiger partial charge in [-0.15, -0.1) is 0 Å². The lowest BCUT2D eigenvalue weighted by Gasteiger charge is -2.16. The molecule has 1 aliphatic heterocycles. The first-order chi connectivity index (χ1) is 9.55. The fraction of sp³-hybridized carbons (Fsp3) is 0.154. The number of amides is 2. The largest absolute Gasteiger partial charge is 0.497 e. The second-order valence-corrected chi connectivity index (χ2v) is 4.31. The van der Waals surface area contributed by atoms with Crippen LogP contribution in [0.4, 0.5) is 0 Å². The molecule has 0 spiro atoms. The molecule has 6 nitrogen and oxygen atoms in total. The van der Waals surface area contributed by atoms with Gasteiger partial charge in [-0.1, -0.05) is 0 Å². The van der Waals surface area contributed by atoms with Gasteiger partial charge >= 0.3 is 0 Å². The summed E-state index contributed by atoms with van der Waals surface area (Å²) in [6.45, 7) is 0. The second kappa shape index (κ2) is 5.70. The summed E-state index contributed by atoms with van der Waals surface area (Å²) in [6.07, 6.45) is 1.44. The number of hydrogen-bond acceptors (Lipinski definition) is 5. The standard InChI is InChI=1S/C13H12N2O4S/c1-18-8-4-3-7(10(6-8)19-2)5-9-11(16)14-13(20)15-12(9)17/h3-6H,1-2H3,(H2,14,15,16,17,20). The Morgan fingerprint density at radius 2 is 1.75 bits per heavy atom. The van der Waals surface area contributed by atoms with Gasteiger partial charge in [-0.2, -0.15) is 0 Å². The van der Waals surface area contributed by atoms with E-state index in [1.54, 1.807) is 18.2 Å². The summed E-state index contributed by atoms with van der Waals surface area (Å²) >= 11 is 4.73. The lowest BCUT2D eigenvalue weighted by molar-refractivity contribution is -0.123. The SMILES string of the molecule is COc1ccc(C=C2C(=O)NC(=S)NC2=O)c(OC)c1. The first kappa shape index (κ1) is 14.0. The Balaban J connectivity index is 2.41.